The second-order valence-electron chi connectivity index (χ2n) is 4.55. The first kappa shape index (κ1) is 11.4. The van der Waals surface area contributed by atoms with Crippen molar-refractivity contribution in [2.45, 2.75) is 19.9 Å². The Bertz CT molecular complexity index is 335. The predicted molar refractivity (Wildman–Crippen MR) is 64.7 cm³/mol. The van der Waals surface area contributed by atoms with Gasteiger partial charge in [0, 0.05) is 22.9 Å². The topological polar surface area (TPSA) is 21.3 Å². The highest BCUT2D eigenvalue weighted by molar-refractivity contribution is 7.16. The Labute approximate surface area is 99.6 Å². The molecule has 1 unspecified atom stereocenters. The van der Waals surface area contributed by atoms with Crippen molar-refractivity contribution < 1.29 is 4.74 Å². The molecule has 0 aliphatic carbocycles. The van der Waals surface area contributed by atoms with Crippen LogP contribution in [0.2, 0.25) is 4.34 Å². The van der Waals surface area contributed by atoms with Crippen LogP contribution < -0.4 is 5.32 Å². The van der Waals surface area contributed by atoms with Gasteiger partial charge in [0.2, 0.25) is 0 Å². The van der Waals surface area contributed by atoms with Gasteiger partial charge in [0.05, 0.1) is 17.6 Å². The average Bonchev–Trinajstić information content (AvgIpc) is 2.58. The lowest BCUT2D eigenvalue weighted by Gasteiger charge is -2.38. The van der Waals surface area contributed by atoms with E-state index in [9.17, 15) is 0 Å². The summed E-state index contributed by atoms with van der Waals surface area (Å²) in [7, 11) is 0. The van der Waals surface area contributed by atoms with Crippen LogP contribution in [0.1, 0.15) is 24.8 Å². The average molecular weight is 246 g/mol. The van der Waals surface area contributed by atoms with Crippen molar-refractivity contribution in [1.82, 2.24) is 5.32 Å². The van der Waals surface area contributed by atoms with Crippen molar-refractivity contribution in [2.75, 3.05) is 19.8 Å². The minimum Gasteiger partial charge on any atom is -0.380 e. The maximum atomic E-state index is 5.90. The van der Waals surface area contributed by atoms with Gasteiger partial charge >= 0.3 is 0 Å². The molecule has 1 fully saturated rings. The smallest absolute Gasteiger partial charge is 0.0931 e. The largest absolute Gasteiger partial charge is 0.380 e. The van der Waals surface area contributed by atoms with E-state index >= 15 is 0 Å². The molecular weight excluding hydrogens is 230 g/mol. The molecular formula is C11H16ClNOS. The number of hydrogen-bond donors (Lipinski definition) is 1. The lowest BCUT2D eigenvalue weighted by Crippen LogP contribution is -2.47. The Morgan fingerprint density at radius 1 is 1.60 bits per heavy atom. The van der Waals surface area contributed by atoms with E-state index < -0.39 is 0 Å². The fourth-order valence-electron chi connectivity index (χ4n) is 1.61. The summed E-state index contributed by atoms with van der Waals surface area (Å²) in [5.74, 6) is 0. The monoisotopic (exact) mass is 245 g/mol. The molecule has 0 spiro atoms. The first-order valence-electron chi connectivity index (χ1n) is 5.15. The second kappa shape index (κ2) is 4.42. The van der Waals surface area contributed by atoms with Crippen LogP contribution in [0, 0.1) is 5.41 Å². The Morgan fingerprint density at radius 2 is 2.33 bits per heavy atom. The molecule has 0 bridgehead atoms. The van der Waals surface area contributed by atoms with E-state index in [0.717, 1.165) is 24.1 Å². The van der Waals surface area contributed by atoms with Crippen molar-refractivity contribution in [1.29, 1.82) is 0 Å². The summed E-state index contributed by atoms with van der Waals surface area (Å²) in [6.45, 7) is 7.17. The maximum Gasteiger partial charge on any atom is 0.0931 e. The van der Waals surface area contributed by atoms with Crippen molar-refractivity contribution >= 4 is 22.9 Å². The van der Waals surface area contributed by atoms with Gasteiger partial charge in [-0.15, -0.1) is 11.3 Å². The molecule has 2 heterocycles. The van der Waals surface area contributed by atoms with E-state index in [1.807, 2.05) is 6.07 Å². The SMILES string of the molecule is CC(NCC1(C)COC1)c1ccc(Cl)s1. The van der Waals surface area contributed by atoms with Gasteiger partial charge in [0.25, 0.3) is 0 Å². The van der Waals surface area contributed by atoms with Crippen molar-refractivity contribution in [3.8, 4) is 0 Å². The Morgan fingerprint density at radius 3 is 2.80 bits per heavy atom. The normalized spacial score (nSPS) is 21.0. The summed E-state index contributed by atoms with van der Waals surface area (Å²) in [6, 6.07) is 4.41. The molecule has 1 aromatic rings. The first-order chi connectivity index (χ1) is 7.09. The Balaban J connectivity index is 1.84. The van der Waals surface area contributed by atoms with Gasteiger partial charge in [-0.25, -0.2) is 0 Å². The number of hydrogen-bond acceptors (Lipinski definition) is 3. The van der Waals surface area contributed by atoms with Gasteiger partial charge in [-0.05, 0) is 19.1 Å². The van der Waals surface area contributed by atoms with Gasteiger partial charge in [-0.2, -0.15) is 0 Å². The minimum absolute atomic E-state index is 0.329. The van der Waals surface area contributed by atoms with Crippen LogP contribution in [-0.4, -0.2) is 19.8 Å². The number of rotatable bonds is 4. The molecule has 1 atom stereocenters. The molecule has 0 amide bonds. The number of ether oxygens (including phenoxy) is 1. The van der Waals surface area contributed by atoms with Crippen molar-refractivity contribution in [2.24, 2.45) is 5.41 Å². The molecule has 1 aliphatic rings. The van der Waals surface area contributed by atoms with E-state index in [1.165, 1.54) is 4.88 Å². The van der Waals surface area contributed by atoms with Gasteiger partial charge in [0.1, 0.15) is 0 Å². The Kier molecular flexibility index (Phi) is 3.36. The van der Waals surface area contributed by atoms with Crippen LogP contribution in [0.15, 0.2) is 12.1 Å². The van der Waals surface area contributed by atoms with Crippen molar-refractivity contribution in [3.05, 3.63) is 21.3 Å². The third-order valence-corrected chi connectivity index (χ3v) is 4.17. The van der Waals surface area contributed by atoms with Crippen LogP contribution in [0.4, 0.5) is 0 Å². The molecule has 84 valence electrons. The molecule has 0 radical (unpaired) electrons. The molecule has 0 aromatic carbocycles. The highest BCUT2D eigenvalue weighted by Gasteiger charge is 2.33. The van der Waals surface area contributed by atoms with Gasteiger partial charge in [-0.1, -0.05) is 18.5 Å². The quantitative estimate of drug-likeness (QED) is 0.880. The standard InChI is InChI=1S/C11H16ClNOS/c1-8(9-3-4-10(12)15-9)13-5-11(2)6-14-7-11/h3-4,8,13H,5-7H2,1-2H3. The van der Waals surface area contributed by atoms with E-state index in [-0.39, 0.29) is 0 Å². The van der Waals surface area contributed by atoms with Gasteiger partial charge < -0.3 is 10.1 Å². The Hall–Kier alpha value is -0.0900. The van der Waals surface area contributed by atoms with Gasteiger partial charge in [-0.3, -0.25) is 0 Å². The van der Waals surface area contributed by atoms with Gasteiger partial charge in [0.15, 0.2) is 0 Å². The molecule has 1 aromatic heterocycles. The highest BCUT2D eigenvalue weighted by atomic mass is 35.5. The number of thiophene rings is 1. The van der Waals surface area contributed by atoms with E-state index in [4.69, 9.17) is 16.3 Å². The summed E-state index contributed by atoms with van der Waals surface area (Å²) >= 11 is 7.55. The van der Waals surface area contributed by atoms with Crippen LogP contribution in [-0.2, 0) is 4.74 Å². The minimum atomic E-state index is 0.329. The highest BCUT2D eigenvalue weighted by Crippen LogP contribution is 2.29. The van der Waals surface area contributed by atoms with Crippen molar-refractivity contribution in [3.63, 3.8) is 0 Å². The van der Waals surface area contributed by atoms with Crippen LogP contribution in [0.5, 0.6) is 0 Å². The molecule has 1 N–H and O–H groups in total. The third-order valence-electron chi connectivity index (χ3n) is 2.76. The zero-order valence-corrected chi connectivity index (χ0v) is 10.6. The predicted octanol–water partition coefficient (Wildman–Crippen LogP) is 3.09. The fourth-order valence-corrected chi connectivity index (χ4v) is 2.70. The molecule has 15 heavy (non-hydrogen) atoms. The zero-order valence-electron chi connectivity index (χ0n) is 9.05. The molecule has 4 heteroatoms. The van der Waals surface area contributed by atoms with Crippen LogP contribution in [0.3, 0.4) is 0 Å². The molecule has 1 saturated heterocycles. The molecule has 0 saturated carbocycles. The van der Waals surface area contributed by atoms with Crippen LogP contribution in [0.25, 0.3) is 0 Å². The zero-order chi connectivity index (χ0) is 10.9. The number of halogens is 1. The molecule has 1 aliphatic heterocycles. The van der Waals surface area contributed by atoms with E-state index in [1.54, 1.807) is 11.3 Å². The summed E-state index contributed by atoms with van der Waals surface area (Å²) in [4.78, 5) is 1.30. The summed E-state index contributed by atoms with van der Waals surface area (Å²) in [5, 5.41) is 3.53. The summed E-state index contributed by atoms with van der Waals surface area (Å²) in [6.07, 6.45) is 0. The summed E-state index contributed by atoms with van der Waals surface area (Å²) < 4.78 is 6.08. The molecule has 2 rings (SSSR count). The molecule has 2 nitrogen and oxygen atoms in total. The van der Waals surface area contributed by atoms with Crippen LogP contribution >= 0.6 is 22.9 Å². The maximum absolute atomic E-state index is 5.90. The lowest BCUT2D eigenvalue weighted by molar-refractivity contribution is -0.0998. The summed E-state index contributed by atoms with van der Waals surface area (Å²) in [5.41, 5.74) is 0.329. The fraction of sp³-hybridized carbons (Fsp3) is 0.636. The lowest BCUT2D eigenvalue weighted by atomic mass is 9.88. The van der Waals surface area contributed by atoms with E-state index in [0.29, 0.717) is 11.5 Å². The number of nitrogens with one attached hydrogen (secondary N) is 1. The first-order valence-corrected chi connectivity index (χ1v) is 6.35. The van der Waals surface area contributed by atoms with E-state index in [2.05, 4.69) is 25.2 Å². The third kappa shape index (κ3) is 2.72. The second-order valence-corrected chi connectivity index (χ2v) is 6.29.